The molecule has 120 valence electrons. The minimum Gasteiger partial charge on any atom is -0.312 e. The number of amides is 1. The molecule has 0 bridgehead atoms. The van der Waals surface area contributed by atoms with Gasteiger partial charge < -0.3 is 5.32 Å². The maximum Gasteiger partial charge on any atom is 0.267 e. The van der Waals surface area contributed by atoms with Gasteiger partial charge in [-0.3, -0.25) is 4.79 Å². The fraction of sp³-hybridized carbons (Fsp3) is 0.278. The monoisotopic (exact) mass is 353 g/mol. The zero-order valence-electron chi connectivity index (χ0n) is 13.2. The first kappa shape index (κ1) is 16.4. The van der Waals surface area contributed by atoms with Crippen molar-refractivity contribution in [1.82, 2.24) is 0 Å². The van der Waals surface area contributed by atoms with Gasteiger partial charge in [0.1, 0.15) is 22.7 Å². The number of thiophene rings is 2. The first-order valence-corrected chi connectivity index (χ1v) is 9.30. The van der Waals surface area contributed by atoms with Crippen LogP contribution in [0.4, 0.5) is 5.00 Å². The molecule has 0 saturated carbocycles. The number of hydrogen-bond donors (Lipinski definition) is 1. The van der Waals surface area contributed by atoms with Gasteiger partial charge in [0, 0.05) is 14.6 Å². The third kappa shape index (κ3) is 3.26. The first-order valence-electron chi connectivity index (χ1n) is 7.66. The minimum atomic E-state index is -0.460. The predicted octanol–water partition coefficient (Wildman–Crippen LogP) is 4.41. The van der Waals surface area contributed by atoms with Crippen molar-refractivity contribution in [1.29, 1.82) is 10.5 Å². The van der Waals surface area contributed by atoms with Gasteiger partial charge in [0.15, 0.2) is 0 Å². The zero-order chi connectivity index (χ0) is 17.1. The number of nitriles is 2. The van der Waals surface area contributed by atoms with Gasteiger partial charge in [0.05, 0.1) is 5.56 Å². The summed E-state index contributed by atoms with van der Waals surface area (Å²) in [5.74, 6) is -0.460. The Hall–Kier alpha value is -2.41. The van der Waals surface area contributed by atoms with Gasteiger partial charge in [-0.15, -0.1) is 22.7 Å². The molecule has 0 unspecified atom stereocenters. The molecule has 2 aromatic heterocycles. The molecule has 1 aliphatic rings. The molecule has 1 amide bonds. The Kier molecular flexibility index (Phi) is 4.80. The molecule has 24 heavy (non-hydrogen) atoms. The molecular formula is C18H15N3OS2. The van der Waals surface area contributed by atoms with Crippen molar-refractivity contribution < 1.29 is 4.79 Å². The van der Waals surface area contributed by atoms with Crippen molar-refractivity contribution in [2.24, 2.45) is 0 Å². The average molecular weight is 353 g/mol. The molecule has 0 spiro atoms. The van der Waals surface area contributed by atoms with Crippen molar-refractivity contribution in [3.8, 4) is 12.1 Å². The lowest BCUT2D eigenvalue weighted by atomic mass is 9.96. The summed E-state index contributed by atoms with van der Waals surface area (Å²) in [5, 5.41) is 22.1. The molecule has 3 rings (SSSR count). The van der Waals surface area contributed by atoms with Crippen LogP contribution in [0.1, 0.15) is 38.6 Å². The summed E-state index contributed by atoms with van der Waals surface area (Å²) in [4.78, 5) is 15.6. The lowest BCUT2D eigenvalue weighted by Gasteiger charge is -2.09. The second-order valence-corrected chi connectivity index (χ2v) is 8.02. The molecule has 0 fully saturated rings. The van der Waals surface area contributed by atoms with Gasteiger partial charge >= 0.3 is 0 Å². The molecule has 0 saturated heterocycles. The molecule has 1 aliphatic carbocycles. The van der Waals surface area contributed by atoms with Crippen LogP contribution in [0.15, 0.2) is 17.7 Å². The number of fused-ring (bicyclic) bond motifs is 1. The SMILES string of the molecule is Cc1ccc(/C=C(\C#N)C(=O)Nc2sc3c(c2C#N)CCCC3)s1. The predicted molar refractivity (Wildman–Crippen MR) is 97.0 cm³/mol. The van der Waals surface area contributed by atoms with E-state index in [-0.39, 0.29) is 5.57 Å². The van der Waals surface area contributed by atoms with Crippen LogP contribution in [0, 0.1) is 29.6 Å². The molecule has 1 N–H and O–H groups in total. The highest BCUT2D eigenvalue weighted by Gasteiger charge is 2.22. The van der Waals surface area contributed by atoms with Gasteiger partial charge in [-0.05, 0) is 56.4 Å². The van der Waals surface area contributed by atoms with Gasteiger partial charge in [-0.25, -0.2) is 0 Å². The topological polar surface area (TPSA) is 76.7 Å². The highest BCUT2D eigenvalue weighted by atomic mass is 32.1. The Bertz CT molecular complexity index is 906. The van der Waals surface area contributed by atoms with E-state index in [0.717, 1.165) is 41.0 Å². The summed E-state index contributed by atoms with van der Waals surface area (Å²) < 4.78 is 0. The van der Waals surface area contributed by atoms with E-state index in [1.165, 1.54) is 27.6 Å². The highest BCUT2D eigenvalue weighted by Crippen LogP contribution is 2.37. The molecule has 0 atom stereocenters. The van der Waals surface area contributed by atoms with E-state index in [1.54, 1.807) is 6.08 Å². The molecule has 2 aromatic rings. The van der Waals surface area contributed by atoms with Crippen LogP contribution in [0.2, 0.25) is 0 Å². The normalized spacial score (nSPS) is 13.7. The van der Waals surface area contributed by atoms with Crippen LogP contribution < -0.4 is 5.32 Å². The average Bonchev–Trinajstić information content (AvgIpc) is 3.14. The van der Waals surface area contributed by atoms with Gasteiger partial charge in [-0.1, -0.05) is 0 Å². The number of nitrogens with one attached hydrogen (secondary N) is 1. The quantitative estimate of drug-likeness (QED) is 0.656. The lowest BCUT2D eigenvalue weighted by Crippen LogP contribution is -2.13. The molecule has 2 heterocycles. The summed E-state index contributed by atoms with van der Waals surface area (Å²) in [6.07, 6.45) is 5.63. The number of anilines is 1. The van der Waals surface area contributed by atoms with Crippen LogP contribution in [-0.2, 0) is 17.6 Å². The third-order valence-corrected chi connectivity index (χ3v) is 6.08. The van der Waals surface area contributed by atoms with E-state index in [0.29, 0.717) is 10.6 Å². The van der Waals surface area contributed by atoms with Crippen LogP contribution >= 0.6 is 22.7 Å². The molecular weight excluding hydrogens is 338 g/mol. The Labute approximate surface area is 148 Å². The van der Waals surface area contributed by atoms with Crippen LogP contribution in [0.25, 0.3) is 6.08 Å². The Morgan fingerprint density at radius 2 is 2.04 bits per heavy atom. The number of hydrogen-bond acceptors (Lipinski definition) is 5. The molecule has 0 radical (unpaired) electrons. The van der Waals surface area contributed by atoms with E-state index in [2.05, 4.69) is 11.4 Å². The van der Waals surface area contributed by atoms with E-state index >= 15 is 0 Å². The van der Waals surface area contributed by atoms with Crippen LogP contribution in [-0.4, -0.2) is 5.91 Å². The van der Waals surface area contributed by atoms with Crippen molar-refractivity contribution in [3.63, 3.8) is 0 Å². The maximum absolute atomic E-state index is 12.4. The Morgan fingerprint density at radius 3 is 2.71 bits per heavy atom. The highest BCUT2D eigenvalue weighted by molar-refractivity contribution is 7.16. The van der Waals surface area contributed by atoms with Crippen LogP contribution in [0.5, 0.6) is 0 Å². The van der Waals surface area contributed by atoms with Crippen LogP contribution in [0.3, 0.4) is 0 Å². The Balaban J connectivity index is 1.87. The smallest absolute Gasteiger partial charge is 0.267 e. The summed E-state index contributed by atoms with van der Waals surface area (Å²) in [6, 6.07) is 8.00. The first-order chi connectivity index (χ1) is 11.6. The Morgan fingerprint density at radius 1 is 1.25 bits per heavy atom. The standard InChI is InChI=1S/C18H15N3OS2/c1-11-6-7-13(23-11)8-12(9-19)17(22)21-18-15(10-20)14-4-2-3-5-16(14)24-18/h6-8H,2-5H2,1H3,(H,21,22)/b12-8+. The van der Waals surface area contributed by atoms with Crippen molar-refractivity contribution in [3.05, 3.63) is 43.5 Å². The molecule has 6 heteroatoms. The van der Waals surface area contributed by atoms with Gasteiger partial charge in [0.2, 0.25) is 0 Å². The van der Waals surface area contributed by atoms with Crippen molar-refractivity contribution >= 4 is 39.7 Å². The number of rotatable bonds is 3. The van der Waals surface area contributed by atoms with Gasteiger partial charge in [0.25, 0.3) is 5.91 Å². The number of carbonyl (C=O) groups is 1. The molecule has 0 aliphatic heterocycles. The second-order valence-electron chi connectivity index (χ2n) is 5.60. The van der Waals surface area contributed by atoms with E-state index in [4.69, 9.17) is 0 Å². The number of aryl methyl sites for hydroxylation is 2. The fourth-order valence-electron chi connectivity index (χ4n) is 2.76. The summed E-state index contributed by atoms with van der Waals surface area (Å²) in [5.41, 5.74) is 1.68. The van der Waals surface area contributed by atoms with Crippen molar-refractivity contribution in [2.45, 2.75) is 32.6 Å². The summed E-state index contributed by atoms with van der Waals surface area (Å²) in [6.45, 7) is 1.98. The lowest BCUT2D eigenvalue weighted by molar-refractivity contribution is -0.112. The summed E-state index contributed by atoms with van der Waals surface area (Å²) in [7, 11) is 0. The second kappa shape index (κ2) is 7.00. The minimum absolute atomic E-state index is 0.0483. The maximum atomic E-state index is 12.4. The van der Waals surface area contributed by atoms with Gasteiger partial charge in [-0.2, -0.15) is 10.5 Å². The largest absolute Gasteiger partial charge is 0.312 e. The molecule has 4 nitrogen and oxygen atoms in total. The van der Waals surface area contributed by atoms with E-state index < -0.39 is 5.91 Å². The zero-order valence-corrected chi connectivity index (χ0v) is 14.8. The van der Waals surface area contributed by atoms with Crippen molar-refractivity contribution in [2.75, 3.05) is 5.32 Å². The van der Waals surface area contributed by atoms with E-state index in [9.17, 15) is 15.3 Å². The number of nitrogens with zero attached hydrogens (tertiary/aromatic N) is 2. The molecule has 0 aromatic carbocycles. The van der Waals surface area contributed by atoms with E-state index in [1.807, 2.05) is 25.1 Å². The number of carbonyl (C=O) groups excluding carboxylic acids is 1. The third-order valence-electron chi connectivity index (χ3n) is 3.92. The summed E-state index contributed by atoms with van der Waals surface area (Å²) >= 11 is 2.99. The fourth-order valence-corrected chi connectivity index (χ4v) is 4.82.